The number of guanidine groups is 1. The molecule has 6 heteroatoms. The number of anilines is 1. The Bertz CT molecular complexity index is 513. The van der Waals surface area contributed by atoms with E-state index >= 15 is 0 Å². The summed E-state index contributed by atoms with van der Waals surface area (Å²) in [7, 11) is 2.03. The lowest BCUT2D eigenvalue weighted by Gasteiger charge is -2.30. The van der Waals surface area contributed by atoms with E-state index in [2.05, 4.69) is 39.1 Å². The zero-order valence-corrected chi connectivity index (χ0v) is 15.4. The smallest absolute Gasteiger partial charge is 0.191 e. The summed E-state index contributed by atoms with van der Waals surface area (Å²) in [5.41, 5.74) is 8.56. The lowest BCUT2D eigenvalue weighted by molar-refractivity contribution is 0.122. The Morgan fingerprint density at radius 1 is 1.32 bits per heavy atom. The Kier molecular flexibility index (Phi) is 6.31. The van der Waals surface area contributed by atoms with Crippen molar-refractivity contribution in [2.24, 2.45) is 10.7 Å². The molecule has 3 rings (SSSR count). The van der Waals surface area contributed by atoms with Crippen molar-refractivity contribution in [3.63, 3.8) is 0 Å². The highest BCUT2D eigenvalue weighted by atomic mass is 127. The summed E-state index contributed by atoms with van der Waals surface area (Å²) in [4.78, 5) is 9.04. The molecule has 1 saturated heterocycles. The summed E-state index contributed by atoms with van der Waals surface area (Å²) in [6, 6.07) is 9.05. The van der Waals surface area contributed by atoms with Crippen molar-refractivity contribution in [3.05, 3.63) is 29.8 Å². The Morgan fingerprint density at radius 3 is 2.68 bits per heavy atom. The monoisotopic (exact) mass is 416 g/mol. The van der Waals surface area contributed by atoms with Gasteiger partial charge in [-0.25, -0.2) is 4.99 Å². The average Bonchev–Trinajstić information content (AvgIpc) is 3.38. The third-order valence-electron chi connectivity index (χ3n) is 4.21. The van der Waals surface area contributed by atoms with Crippen LogP contribution in [0.5, 0.6) is 0 Å². The minimum Gasteiger partial charge on any atom is -0.378 e. The second-order valence-corrected chi connectivity index (χ2v) is 5.74. The molecule has 1 aliphatic carbocycles. The molecule has 1 saturated carbocycles. The Labute approximate surface area is 149 Å². The summed E-state index contributed by atoms with van der Waals surface area (Å²) >= 11 is 0. The molecule has 22 heavy (non-hydrogen) atoms. The summed E-state index contributed by atoms with van der Waals surface area (Å²) < 4.78 is 5.43. The average molecular weight is 416 g/mol. The maximum atomic E-state index is 6.08. The Morgan fingerprint density at radius 2 is 2.00 bits per heavy atom. The van der Waals surface area contributed by atoms with Crippen LogP contribution in [-0.4, -0.2) is 50.3 Å². The van der Waals surface area contributed by atoms with Crippen molar-refractivity contribution in [3.8, 4) is 0 Å². The summed E-state index contributed by atoms with van der Waals surface area (Å²) in [5, 5.41) is 0. The number of nitrogens with zero attached hydrogens (tertiary/aromatic N) is 3. The number of morpholine rings is 1. The molecule has 1 aromatic rings. The molecular formula is C16H25IN4O. The number of hydrogen-bond donors (Lipinski definition) is 1. The number of aliphatic imine (C=N–C) groups is 1. The van der Waals surface area contributed by atoms with Crippen molar-refractivity contribution >= 4 is 35.6 Å². The number of hydrogen-bond acceptors (Lipinski definition) is 3. The molecular weight excluding hydrogens is 391 g/mol. The normalized spacial score (nSPS) is 18.8. The lowest BCUT2D eigenvalue weighted by atomic mass is 10.1. The molecule has 0 atom stereocenters. The number of benzene rings is 1. The van der Waals surface area contributed by atoms with E-state index in [4.69, 9.17) is 10.5 Å². The number of halogens is 1. The number of ether oxygens (including phenoxy) is 1. The number of nitrogens with two attached hydrogens (primary N) is 1. The van der Waals surface area contributed by atoms with Crippen LogP contribution in [0.15, 0.2) is 29.3 Å². The third kappa shape index (κ3) is 4.25. The van der Waals surface area contributed by atoms with Crippen LogP contribution in [0.25, 0.3) is 0 Å². The van der Waals surface area contributed by atoms with E-state index in [0.717, 1.165) is 26.3 Å². The molecule has 1 heterocycles. The zero-order chi connectivity index (χ0) is 14.7. The molecule has 5 nitrogen and oxygen atoms in total. The summed E-state index contributed by atoms with van der Waals surface area (Å²) in [6.45, 7) is 4.11. The van der Waals surface area contributed by atoms with Crippen LogP contribution in [0.3, 0.4) is 0 Å². The van der Waals surface area contributed by atoms with Gasteiger partial charge in [0.25, 0.3) is 0 Å². The van der Waals surface area contributed by atoms with Gasteiger partial charge < -0.3 is 20.3 Å². The highest BCUT2D eigenvalue weighted by Gasteiger charge is 2.27. The van der Waals surface area contributed by atoms with Gasteiger partial charge in [0.2, 0.25) is 0 Å². The van der Waals surface area contributed by atoms with Crippen LogP contribution in [0.4, 0.5) is 5.69 Å². The fraction of sp³-hybridized carbons (Fsp3) is 0.562. The molecule has 0 radical (unpaired) electrons. The Hall–Kier alpha value is -1.02. The molecule has 2 aliphatic rings. The van der Waals surface area contributed by atoms with Crippen molar-refractivity contribution in [2.75, 3.05) is 38.3 Å². The molecule has 0 aromatic heterocycles. The molecule has 0 unspecified atom stereocenters. The first-order valence-electron chi connectivity index (χ1n) is 7.69. The van der Waals surface area contributed by atoms with Crippen LogP contribution >= 0.6 is 24.0 Å². The van der Waals surface area contributed by atoms with Gasteiger partial charge >= 0.3 is 0 Å². The van der Waals surface area contributed by atoms with E-state index in [1.54, 1.807) is 0 Å². The lowest BCUT2D eigenvalue weighted by Crippen LogP contribution is -2.37. The maximum Gasteiger partial charge on any atom is 0.191 e. The molecule has 0 spiro atoms. The van der Waals surface area contributed by atoms with E-state index in [9.17, 15) is 0 Å². The summed E-state index contributed by atoms with van der Waals surface area (Å²) in [6.07, 6.45) is 2.47. The quantitative estimate of drug-likeness (QED) is 0.464. The third-order valence-corrected chi connectivity index (χ3v) is 4.21. The highest BCUT2D eigenvalue weighted by molar-refractivity contribution is 14.0. The molecule has 122 valence electrons. The zero-order valence-electron chi connectivity index (χ0n) is 13.1. The molecule has 1 aliphatic heterocycles. The van der Waals surface area contributed by atoms with E-state index in [1.165, 1.54) is 24.1 Å². The Balaban J connectivity index is 0.00000176. The van der Waals surface area contributed by atoms with Gasteiger partial charge in [-0.05, 0) is 24.5 Å². The van der Waals surface area contributed by atoms with Gasteiger partial charge in [0.15, 0.2) is 5.96 Å². The topological polar surface area (TPSA) is 54.1 Å². The highest BCUT2D eigenvalue weighted by Crippen LogP contribution is 2.25. The van der Waals surface area contributed by atoms with Gasteiger partial charge in [-0.15, -0.1) is 24.0 Å². The van der Waals surface area contributed by atoms with Gasteiger partial charge in [0.1, 0.15) is 0 Å². The first-order valence-corrected chi connectivity index (χ1v) is 7.69. The van der Waals surface area contributed by atoms with E-state index < -0.39 is 0 Å². The van der Waals surface area contributed by atoms with Crippen molar-refractivity contribution in [2.45, 2.75) is 25.4 Å². The number of para-hydroxylation sites is 1. The minimum absolute atomic E-state index is 0. The van der Waals surface area contributed by atoms with Gasteiger partial charge in [-0.3, -0.25) is 0 Å². The van der Waals surface area contributed by atoms with E-state index in [-0.39, 0.29) is 24.0 Å². The fourth-order valence-electron chi connectivity index (χ4n) is 2.68. The minimum atomic E-state index is 0. The molecule has 2 fully saturated rings. The molecule has 0 amide bonds. The van der Waals surface area contributed by atoms with Crippen molar-refractivity contribution in [1.82, 2.24) is 4.90 Å². The van der Waals surface area contributed by atoms with Crippen LogP contribution in [0.2, 0.25) is 0 Å². The van der Waals surface area contributed by atoms with Gasteiger partial charge in [0.05, 0.1) is 19.8 Å². The molecule has 1 aromatic carbocycles. The van der Waals surface area contributed by atoms with Gasteiger partial charge in [-0.1, -0.05) is 18.2 Å². The van der Waals surface area contributed by atoms with Crippen molar-refractivity contribution in [1.29, 1.82) is 0 Å². The second-order valence-electron chi connectivity index (χ2n) is 5.74. The molecule has 2 N–H and O–H groups in total. The number of rotatable bonds is 4. The van der Waals surface area contributed by atoms with Gasteiger partial charge in [-0.2, -0.15) is 0 Å². The van der Waals surface area contributed by atoms with E-state index in [0.29, 0.717) is 18.5 Å². The van der Waals surface area contributed by atoms with Crippen LogP contribution in [-0.2, 0) is 11.3 Å². The SMILES string of the molecule is CN(C(N)=NCc1ccccc1N1CCOCC1)C1CC1.I. The first-order chi connectivity index (χ1) is 10.3. The van der Waals surface area contributed by atoms with Gasteiger partial charge in [0, 0.05) is 31.9 Å². The first kappa shape index (κ1) is 17.3. The largest absolute Gasteiger partial charge is 0.378 e. The summed E-state index contributed by atoms with van der Waals surface area (Å²) in [5.74, 6) is 0.647. The second kappa shape index (κ2) is 8.01. The maximum absolute atomic E-state index is 6.08. The van der Waals surface area contributed by atoms with Crippen LogP contribution in [0.1, 0.15) is 18.4 Å². The van der Waals surface area contributed by atoms with Crippen LogP contribution < -0.4 is 10.6 Å². The predicted molar refractivity (Wildman–Crippen MR) is 101 cm³/mol. The fourth-order valence-corrected chi connectivity index (χ4v) is 2.68. The van der Waals surface area contributed by atoms with Crippen molar-refractivity contribution < 1.29 is 4.74 Å². The standard InChI is InChI=1S/C16H24N4O.HI/c1-19(14-6-7-14)16(17)18-12-13-4-2-3-5-15(13)20-8-10-21-11-9-20;/h2-5,14H,6-12H2,1H3,(H2,17,18);1H. The predicted octanol–water partition coefficient (Wildman–Crippen LogP) is 2.05. The molecule has 0 bridgehead atoms. The van der Waals surface area contributed by atoms with E-state index in [1.807, 2.05) is 7.05 Å². The van der Waals surface area contributed by atoms with Crippen LogP contribution in [0, 0.1) is 0 Å².